The first kappa shape index (κ1) is 27.6. The number of aromatic nitrogens is 4. The zero-order valence-corrected chi connectivity index (χ0v) is 23.0. The van der Waals surface area contributed by atoms with Crippen LogP contribution < -0.4 is 10.2 Å². The molecule has 40 heavy (non-hydrogen) atoms. The van der Waals surface area contributed by atoms with Gasteiger partial charge in [0.15, 0.2) is 10.8 Å². The standard InChI is InChI=1S/C27H27F3N8OS/c1-35(2)23-8-9-38-24(33-23)19(15-32-38)6-7-21-16-31-26(40-21)34-25(39)18-4-5-20(22(14-18)27(28,29)30)17-37-12-10-36(3)11-13-37/h4-5,8-9,14-16H,10-13,17H2,1-3H3,(H,31,34,39). The van der Waals surface area contributed by atoms with Gasteiger partial charge in [-0.25, -0.2) is 14.5 Å². The molecule has 3 aromatic heterocycles. The summed E-state index contributed by atoms with van der Waals surface area (Å²) in [6.45, 7) is 3.16. The van der Waals surface area contributed by atoms with Crippen LogP contribution in [0.1, 0.15) is 31.9 Å². The molecule has 1 aliphatic heterocycles. The van der Waals surface area contributed by atoms with Crippen molar-refractivity contribution in [3.8, 4) is 11.8 Å². The Kier molecular flexibility index (Phi) is 7.75. The third-order valence-corrected chi connectivity index (χ3v) is 7.35. The molecule has 1 N–H and O–H groups in total. The van der Waals surface area contributed by atoms with Crippen LogP contribution in [0, 0.1) is 11.8 Å². The van der Waals surface area contributed by atoms with Crippen molar-refractivity contribution in [2.24, 2.45) is 0 Å². The lowest BCUT2D eigenvalue weighted by atomic mass is 10.0. The summed E-state index contributed by atoms with van der Waals surface area (Å²) in [5.41, 5.74) is 0.489. The summed E-state index contributed by atoms with van der Waals surface area (Å²) < 4.78 is 43.3. The maximum absolute atomic E-state index is 13.9. The Morgan fingerprint density at radius 2 is 1.90 bits per heavy atom. The molecule has 1 aliphatic rings. The summed E-state index contributed by atoms with van der Waals surface area (Å²) in [6, 6.07) is 5.56. The average molecular weight is 569 g/mol. The number of amides is 1. The van der Waals surface area contributed by atoms with Gasteiger partial charge in [-0.2, -0.15) is 18.3 Å². The van der Waals surface area contributed by atoms with Crippen molar-refractivity contribution in [2.75, 3.05) is 57.5 Å². The van der Waals surface area contributed by atoms with E-state index in [1.54, 1.807) is 16.9 Å². The van der Waals surface area contributed by atoms with E-state index in [4.69, 9.17) is 0 Å². The summed E-state index contributed by atoms with van der Waals surface area (Å²) in [6.07, 6.45) is 0.330. The van der Waals surface area contributed by atoms with E-state index in [1.165, 1.54) is 18.3 Å². The number of thiazole rings is 1. The topological polar surface area (TPSA) is 81.9 Å². The highest BCUT2D eigenvalue weighted by molar-refractivity contribution is 7.16. The van der Waals surface area contributed by atoms with Crippen LogP contribution in [0.4, 0.5) is 24.1 Å². The van der Waals surface area contributed by atoms with E-state index < -0.39 is 17.6 Å². The fourth-order valence-electron chi connectivity index (χ4n) is 4.25. The summed E-state index contributed by atoms with van der Waals surface area (Å²) in [7, 11) is 5.77. The minimum Gasteiger partial charge on any atom is -0.363 e. The van der Waals surface area contributed by atoms with Gasteiger partial charge in [-0.15, -0.1) is 0 Å². The van der Waals surface area contributed by atoms with E-state index in [0.29, 0.717) is 29.2 Å². The maximum Gasteiger partial charge on any atom is 0.416 e. The minimum atomic E-state index is -4.58. The van der Waals surface area contributed by atoms with Crippen LogP contribution in [0.3, 0.4) is 0 Å². The van der Waals surface area contributed by atoms with Crippen molar-refractivity contribution in [1.82, 2.24) is 29.4 Å². The molecule has 13 heteroatoms. The predicted molar refractivity (Wildman–Crippen MR) is 148 cm³/mol. The van der Waals surface area contributed by atoms with Crippen LogP contribution in [0.5, 0.6) is 0 Å². The Balaban J connectivity index is 1.30. The number of nitrogens with one attached hydrogen (secondary N) is 1. The molecule has 0 spiro atoms. The monoisotopic (exact) mass is 568 g/mol. The Hall–Kier alpha value is -3.99. The second kappa shape index (κ2) is 11.2. The zero-order chi connectivity index (χ0) is 28.4. The second-order valence-corrected chi connectivity index (χ2v) is 10.7. The molecule has 1 fully saturated rings. The van der Waals surface area contributed by atoms with Gasteiger partial charge in [0.1, 0.15) is 5.82 Å². The molecule has 0 radical (unpaired) electrons. The van der Waals surface area contributed by atoms with Crippen molar-refractivity contribution in [3.63, 3.8) is 0 Å². The van der Waals surface area contributed by atoms with E-state index in [1.807, 2.05) is 37.0 Å². The van der Waals surface area contributed by atoms with Crippen LogP contribution in [0.15, 0.2) is 42.9 Å². The average Bonchev–Trinajstić information content (AvgIpc) is 3.54. The number of piperazine rings is 1. The first-order valence-corrected chi connectivity index (χ1v) is 13.3. The molecule has 0 unspecified atom stereocenters. The molecule has 0 saturated carbocycles. The number of hydrogen-bond acceptors (Lipinski definition) is 8. The number of anilines is 2. The molecular weight excluding hydrogens is 541 g/mol. The number of rotatable bonds is 5. The number of likely N-dealkylation sites (N-methyl/N-ethyl adjacent to an activating group) is 1. The quantitative estimate of drug-likeness (QED) is 0.368. The highest BCUT2D eigenvalue weighted by atomic mass is 32.1. The summed E-state index contributed by atoms with van der Waals surface area (Å²) in [5, 5.41) is 7.08. The molecule has 1 saturated heterocycles. The van der Waals surface area contributed by atoms with Crippen LogP contribution in [0.25, 0.3) is 5.65 Å². The Bertz CT molecular complexity index is 1590. The normalized spacial score (nSPS) is 14.7. The number of hydrogen-bond donors (Lipinski definition) is 1. The van der Waals surface area contributed by atoms with Crippen LogP contribution >= 0.6 is 11.3 Å². The number of alkyl halides is 3. The van der Waals surface area contributed by atoms with E-state index in [-0.39, 0.29) is 22.8 Å². The Labute approximate surface area is 233 Å². The molecule has 208 valence electrons. The molecule has 0 atom stereocenters. The van der Waals surface area contributed by atoms with E-state index in [9.17, 15) is 18.0 Å². The molecule has 1 aromatic carbocycles. The van der Waals surface area contributed by atoms with E-state index >= 15 is 0 Å². The lowest BCUT2D eigenvalue weighted by Gasteiger charge is -2.33. The fraction of sp³-hybridized carbons (Fsp3) is 0.333. The van der Waals surface area contributed by atoms with Gasteiger partial charge in [-0.3, -0.25) is 15.0 Å². The van der Waals surface area contributed by atoms with Gasteiger partial charge in [-0.1, -0.05) is 23.3 Å². The largest absolute Gasteiger partial charge is 0.416 e. The third-order valence-electron chi connectivity index (χ3n) is 6.53. The molecule has 0 aliphatic carbocycles. The van der Waals surface area contributed by atoms with Gasteiger partial charge in [-0.05, 0) is 36.7 Å². The van der Waals surface area contributed by atoms with Crippen molar-refractivity contribution in [3.05, 3.63) is 70.0 Å². The number of fused-ring (bicyclic) bond motifs is 1. The molecule has 4 aromatic rings. The van der Waals surface area contributed by atoms with Crippen LogP contribution in [-0.4, -0.2) is 82.6 Å². The van der Waals surface area contributed by atoms with Crippen molar-refractivity contribution < 1.29 is 18.0 Å². The van der Waals surface area contributed by atoms with Gasteiger partial charge < -0.3 is 9.80 Å². The van der Waals surface area contributed by atoms with Crippen molar-refractivity contribution in [2.45, 2.75) is 12.7 Å². The van der Waals surface area contributed by atoms with E-state index in [0.717, 1.165) is 36.3 Å². The Morgan fingerprint density at radius 1 is 1.12 bits per heavy atom. The van der Waals surface area contributed by atoms with Gasteiger partial charge in [0.05, 0.1) is 28.4 Å². The predicted octanol–water partition coefficient (Wildman–Crippen LogP) is 3.67. The highest BCUT2D eigenvalue weighted by Crippen LogP contribution is 2.34. The van der Waals surface area contributed by atoms with Crippen molar-refractivity contribution >= 4 is 33.8 Å². The number of halogens is 3. The van der Waals surface area contributed by atoms with Crippen LogP contribution in [-0.2, 0) is 12.7 Å². The smallest absolute Gasteiger partial charge is 0.363 e. The van der Waals surface area contributed by atoms with Gasteiger partial charge in [0, 0.05) is 58.6 Å². The molecule has 5 rings (SSSR count). The maximum atomic E-state index is 13.9. The summed E-state index contributed by atoms with van der Waals surface area (Å²) in [5.74, 6) is 6.11. The summed E-state index contributed by atoms with van der Waals surface area (Å²) in [4.78, 5) is 28.1. The fourth-order valence-corrected chi connectivity index (χ4v) is 4.92. The summed E-state index contributed by atoms with van der Waals surface area (Å²) >= 11 is 1.12. The minimum absolute atomic E-state index is 0.0913. The Morgan fingerprint density at radius 3 is 2.62 bits per heavy atom. The lowest BCUT2D eigenvalue weighted by molar-refractivity contribution is -0.138. The number of nitrogens with zero attached hydrogens (tertiary/aromatic N) is 7. The van der Waals surface area contributed by atoms with Crippen LogP contribution in [0.2, 0.25) is 0 Å². The van der Waals surface area contributed by atoms with E-state index in [2.05, 4.69) is 37.1 Å². The molecule has 0 bridgehead atoms. The number of carbonyl (C=O) groups excluding carboxylic acids is 1. The molecule has 9 nitrogen and oxygen atoms in total. The van der Waals surface area contributed by atoms with Gasteiger partial charge >= 0.3 is 6.18 Å². The first-order valence-electron chi connectivity index (χ1n) is 12.5. The molecular formula is C27H27F3N8OS. The first-order chi connectivity index (χ1) is 19.1. The highest BCUT2D eigenvalue weighted by Gasteiger charge is 2.34. The SMILES string of the molecule is CN1CCN(Cc2ccc(C(=O)Nc3ncc(C#Cc4cnn5ccc(N(C)C)nc45)s3)cc2C(F)(F)F)CC1. The lowest BCUT2D eigenvalue weighted by Crippen LogP contribution is -2.44. The van der Waals surface area contributed by atoms with Crippen molar-refractivity contribution in [1.29, 1.82) is 0 Å². The van der Waals surface area contributed by atoms with Gasteiger partial charge in [0.25, 0.3) is 5.91 Å². The second-order valence-electron chi connectivity index (χ2n) is 9.69. The van der Waals surface area contributed by atoms with Gasteiger partial charge in [0.2, 0.25) is 0 Å². The molecule has 1 amide bonds. The molecule has 4 heterocycles. The number of benzene rings is 1. The third kappa shape index (κ3) is 6.25. The zero-order valence-electron chi connectivity index (χ0n) is 22.2. The number of carbonyl (C=O) groups is 1.